The zero-order valence-electron chi connectivity index (χ0n) is 12.0. The molecule has 0 aromatic carbocycles. The molecular formula is C13H25N3O3. The van der Waals surface area contributed by atoms with Crippen LogP contribution in [0.4, 0.5) is 0 Å². The van der Waals surface area contributed by atoms with Crippen molar-refractivity contribution in [2.45, 2.75) is 37.1 Å². The Hall–Kier alpha value is -0.690. The van der Waals surface area contributed by atoms with E-state index in [9.17, 15) is 9.90 Å². The van der Waals surface area contributed by atoms with Crippen molar-refractivity contribution in [3.63, 3.8) is 0 Å². The van der Waals surface area contributed by atoms with Gasteiger partial charge in [-0.05, 0) is 26.9 Å². The molecule has 4 atom stereocenters. The van der Waals surface area contributed by atoms with Gasteiger partial charge in [0, 0.05) is 32.8 Å². The molecule has 1 amide bonds. The normalized spacial score (nSPS) is 35.3. The van der Waals surface area contributed by atoms with Gasteiger partial charge < -0.3 is 25.0 Å². The van der Waals surface area contributed by atoms with E-state index < -0.39 is 6.10 Å². The van der Waals surface area contributed by atoms with Crippen LogP contribution in [-0.2, 0) is 9.53 Å². The highest BCUT2D eigenvalue weighted by Crippen LogP contribution is 2.22. The number of ether oxygens (including phenoxy) is 1. The van der Waals surface area contributed by atoms with Crippen molar-refractivity contribution in [3.8, 4) is 0 Å². The third kappa shape index (κ3) is 3.45. The maximum Gasteiger partial charge on any atom is 0.240 e. The van der Waals surface area contributed by atoms with Crippen LogP contribution in [0.2, 0.25) is 0 Å². The number of β-amino-alcohol motifs (C(OH)–C–C–N with tert-alkyl or cyclic N) is 1. The van der Waals surface area contributed by atoms with Crippen LogP contribution in [0, 0.1) is 0 Å². The fourth-order valence-electron chi connectivity index (χ4n) is 3.03. The van der Waals surface area contributed by atoms with Crippen molar-refractivity contribution in [1.29, 1.82) is 0 Å². The van der Waals surface area contributed by atoms with Gasteiger partial charge >= 0.3 is 0 Å². The lowest BCUT2D eigenvalue weighted by Crippen LogP contribution is -2.48. The van der Waals surface area contributed by atoms with Crippen molar-refractivity contribution in [3.05, 3.63) is 0 Å². The first kappa shape index (κ1) is 14.7. The largest absolute Gasteiger partial charge is 0.391 e. The molecule has 110 valence electrons. The fourth-order valence-corrected chi connectivity index (χ4v) is 3.03. The van der Waals surface area contributed by atoms with E-state index in [0.29, 0.717) is 13.0 Å². The minimum Gasteiger partial charge on any atom is -0.391 e. The predicted octanol–water partition coefficient (Wildman–Crippen LogP) is -1.11. The van der Waals surface area contributed by atoms with Gasteiger partial charge in [-0.1, -0.05) is 0 Å². The van der Waals surface area contributed by atoms with Gasteiger partial charge in [0.25, 0.3) is 0 Å². The van der Waals surface area contributed by atoms with Crippen molar-refractivity contribution in [2.75, 3.05) is 40.8 Å². The molecular weight excluding hydrogens is 246 g/mol. The smallest absolute Gasteiger partial charge is 0.240 e. The number of hydrogen-bond acceptors (Lipinski definition) is 5. The summed E-state index contributed by atoms with van der Waals surface area (Å²) in [6.07, 6.45) is 1.11. The van der Waals surface area contributed by atoms with Crippen LogP contribution in [0.5, 0.6) is 0 Å². The zero-order chi connectivity index (χ0) is 14.0. The number of aliphatic hydroxyl groups is 1. The summed E-state index contributed by atoms with van der Waals surface area (Å²) < 4.78 is 5.28. The summed E-state index contributed by atoms with van der Waals surface area (Å²) in [5, 5.41) is 13.0. The number of aliphatic hydroxyl groups excluding tert-OH is 1. The molecule has 0 saturated carbocycles. The average molecular weight is 271 g/mol. The molecule has 6 nitrogen and oxygen atoms in total. The van der Waals surface area contributed by atoms with Crippen LogP contribution in [0.1, 0.15) is 12.8 Å². The first-order chi connectivity index (χ1) is 9.01. The van der Waals surface area contributed by atoms with E-state index in [1.807, 2.05) is 19.0 Å². The Labute approximate surface area is 114 Å². The summed E-state index contributed by atoms with van der Waals surface area (Å²) in [6, 6.07) is -0.0548. The van der Waals surface area contributed by atoms with Crippen LogP contribution < -0.4 is 5.32 Å². The number of nitrogens with zero attached hydrogens (tertiary/aromatic N) is 2. The molecule has 0 spiro atoms. The zero-order valence-corrected chi connectivity index (χ0v) is 12.0. The number of nitrogens with one attached hydrogen (secondary N) is 1. The van der Waals surface area contributed by atoms with Gasteiger partial charge in [-0.3, -0.25) is 4.79 Å². The quantitative estimate of drug-likeness (QED) is 0.678. The molecule has 2 aliphatic rings. The number of hydrogen-bond donors (Lipinski definition) is 2. The molecule has 0 aliphatic carbocycles. The minimum atomic E-state index is -0.395. The third-order valence-corrected chi connectivity index (χ3v) is 3.97. The lowest BCUT2D eigenvalue weighted by molar-refractivity contribution is -0.134. The predicted molar refractivity (Wildman–Crippen MR) is 71.9 cm³/mol. The maximum atomic E-state index is 12.5. The van der Waals surface area contributed by atoms with Gasteiger partial charge in [-0.15, -0.1) is 0 Å². The summed E-state index contributed by atoms with van der Waals surface area (Å²) >= 11 is 0. The number of carbonyl (C=O) groups excluding carboxylic acids is 1. The standard InChI is InChI=1S/C13H25N3O3/c1-15(2)7-9-4-10(17)8-16(9)13(18)12-5-11(19-3)6-14-12/h9-12,14,17H,4-8H2,1-3H3. The molecule has 2 heterocycles. The van der Waals surface area contributed by atoms with Crippen molar-refractivity contribution in [2.24, 2.45) is 0 Å². The molecule has 2 rings (SSSR count). The molecule has 2 aliphatic heterocycles. The lowest BCUT2D eigenvalue weighted by atomic mass is 10.1. The summed E-state index contributed by atoms with van der Waals surface area (Å²) in [7, 11) is 5.65. The second-order valence-electron chi connectivity index (χ2n) is 5.85. The first-order valence-electron chi connectivity index (χ1n) is 6.90. The number of rotatable bonds is 4. The SMILES string of the molecule is COC1CNC(C(=O)N2CC(O)CC2CN(C)C)C1. The van der Waals surface area contributed by atoms with E-state index in [4.69, 9.17) is 4.74 Å². The molecule has 2 fully saturated rings. The Morgan fingerprint density at radius 1 is 1.47 bits per heavy atom. The topological polar surface area (TPSA) is 65.0 Å². The lowest BCUT2D eigenvalue weighted by Gasteiger charge is -2.29. The van der Waals surface area contributed by atoms with Gasteiger partial charge in [0.1, 0.15) is 0 Å². The molecule has 19 heavy (non-hydrogen) atoms. The van der Waals surface area contributed by atoms with Gasteiger partial charge in [0.05, 0.1) is 18.2 Å². The molecule has 6 heteroatoms. The molecule has 0 radical (unpaired) electrons. The Bertz CT molecular complexity index is 324. The maximum absolute atomic E-state index is 12.5. The van der Waals surface area contributed by atoms with Crippen LogP contribution >= 0.6 is 0 Å². The van der Waals surface area contributed by atoms with Crippen LogP contribution in [-0.4, -0.2) is 85.9 Å². The third-order valence-electron chi connectivity index (χ3n) is 3.97. The van der Waals surface area contributed by atoms with E-state index in [-0.39, 0.29) is 24.1 Å². The number of amides is 1. The van der Waals surface area contributed by atoms with E-state index in [2.05, 4.69) is 10.2 Å². The molecule has 2 N–H and O–H groups in total. The van der Waals surface area contributed by atoms with Crippen molar-refractivity contribution < 1.29 is 14.6 Å². The highest BCUT2D eigenvalue weighted by molar-refractivity contribution is 5.83. The summed E-state index contributed by atoms with van der Waals surface area (Å²) in [4.78, 5) is 16.4. The molecule has 0 aromatic heterocycles. The average Bonchev–Trinajstić information content (AvgIpc) is 2.94. The first-order valence-corrected chi connectivity index (χ1v) is 6.90. The molecule has 0 bridgehead atoms. The van der Waals surface area contributed by atoms with Crippen LogP contribution in [0.3, 0.4) is 0 Å². The Kier molecular flexibility index (Phi) is 4.78. The second-order valence-corrected chi connectivity index (χ2v) is 5.85. The van der Waals surface area contributed by atoms with E-state index >= 15 is 0 Å². The van der Waals surface area contributed by atoms with Gasteiger partial charge in [-0.2, -0.15) is 0 Å². The number of methoxy groups -OCH3 is 1. The highest BCUT2D eigenvalue weighted by atomic mass is 16.5. The monoisotopic (exact) mass is 271 g/mol. The summed E-state index contributed by atoms with van der Waals surface area (Å²) in [5.74, 6) is 0.1000. The number of likely N-dealkylation sites (N-methyl/N-ethyl adjacent to an activating group) is 1. The Morgan fingerprint density at radius 2 is 2.21 bits per heavy atom. The second kappa shape index (κ2) is 6.17. The van der Waals surface area contributed by atoms with Gasteiger partial charge in [-0.25, -0.2) is 0 Å². The number of carbonyl (C=O) groups is 1. The molecule has 2 saturated heterocycles. The molecule has 0 aromatic rings. The summed E-state index contributed by atoms with van der Waals surface area (Å²) in [5.41, 5.74) is 0. The van der Waals surface area contributed by atoms with Crippen LogP contribution in [0.15, 0.2) is 0 Å². The van der Waals surface area contributed by atoms with E-state index in [1.165, 1.54) is 0 Å². The van der Waals surface area contributed by atoms with Gasteiger partial charge in [0.15, 0.2) is 0 Å². The minimum absolute atomic E-state index is 0.1000. The van der Waals surface area contributed by atoms with E-state index in [0.717, 1.165) is 19.5 Å². The highest BCUT2D eigenvalue weighted by Gasteiger charge is 2.39. The van der Waals surface area contributed by atoms with Crippen molar-refractivity contribution >= 4 is 5.91 Å². The Balaban J connectivity index is 1.97. The number of likely N-dealkylation sites (tertiary alicyclic amines) is 1. The fraction of sp³-hybridized carbons (Fsp3) is 0.923. The Morgan fingerprint density at radius 3 is 2.79 bits per heavy atom. The molecule has 4 unspecified atom stereocenters. The van der Waals surface area contributed by atoms with Crippen molar-refractivity contribution in [1.82, 2.24) is 15.1 Å². The van der Waals surface area contributed by atoms with Crippen LogP contribution in [0.25, 0.3) is 0 Å². The summed E-state index contributed by atoms with van der Waals surface area (Å²) in [6.45, 7) is 1.97. The van der Waals surface area contributed by atoms with E-state index in [1.54, 1.807) is 7.11 Å². The van der Waals surface area contributed by atoms with Gasteiger partial charge in [0.2, 0.25) is 5.91 Å².